The first-order valence-electron chi connectivity index (χ1n) is 9.02. The lowest BCUT2D eigenvalue weighted by Crippen LogP contribution is -2.22. The second-order valence-corrected chi connectivity index (χ2v) is 6.34. The minimum atomic E-state index is -0.0874. The van der Waals surface area contributed by atoms with E-state index in [4.69, 9.17) is 10.6 Å². The number of benzene rings is 2. The van der Waals surface area contributed by atoms with Crippen molar-refractivity contribution in [1.82, 2.24) is 19.2 Å². The van der Waals surface area contributed by atoms with Crippen molar-refractivity contribution in [2.24, 2.45) is 10.9 Å². The molecular weight excluding hydrogens is 356 g/mol. The summed E-state index contributed by atoms with van der Waals surface area (Å²) in [6.45, 7) is 2.48. The number of hydrogen-bond acceptors (Lipinski definition) is 5. The first-order chi connectivity index (χ1) is 13.7. The lowest BCUT2D eigenvalue weighted by atomic mass is 10.1. The van der Waals surface area contributed by atoms with E-state index in [9.17, 15) is 4.79 Å². The van der Waals surface area contributed by atoms with Gasteiger partial charge in [-0.15, -0.1) is 10.2 Å². The molecule has 0 amide bonds. The van der Waals surface area contributed by atoms with E-state index in [1.807, 2.05) is 59.9 Å². The van der Waals surface area contributed by atoms with Crippen LogP contribution in [0.15, 0.2) is 64.5 Å². The first kappa shape index (κ1) is 17.7. The van der Waals surface area contributed by atoms with Gasteiger partial charge in [0.1, 0.15) is 5.84 Å². The average molecular weight is 376 g/mol. The molecule has 0 aliphatic heterocycles. The van der Waals surface area contributed by atoms with E-state index in [2.05, 4.69) is 15.4 Å². The summed E-state index contributed by atoms with van der Waals surface area (Å²) in [5, 5.41) is 13.0. The van der Waals surface area contributed by atoms with Crippen molar-refractivity contribution in [2.45, 2.75) is 26.5 Å². The van der Waals surface area contributed by atoms with Crippen LogP contribution in [-0.4, -0.2) is 25.0 Å². The maximum atomic E-state index is 12.7. The van der Waals surface area contributed by atoms with Crippen molar-refractivity contribution >= 4 is 22.5 Å². The van der Waals surface area contributed by atoms with Crippen LogP contribution in [0.4, 0.5) is 0 Å². The molecule has 0 saturated heterocycles. The maximum Gasteiger partial charge on any atom is 0.262 e. The number of oxime groups is 1. The second kappa shape index (κ2) is 7.51. The van der Waals surface area contributed by atoms with Gasteiger partial charge in [-0.3, -0.25) is 13.8 Å². The van der Waals surface area contributed by atoms with Crippen LogP contribution < -0.4 is 11.3 Å². The summed E-state index contributed by atoms with van der Waals surface area (Å²) in [4.78, 5) is 18.1. The molecule has 0 fully saturated rings. The Balaban J connectivity index is 1.64. The number of amidine groups is 1. The van der Waals surface area contributed by atoms with Gasteiger partial charge in [-0.1, -0.05) is 47.6 Å². The van der Waals surface area contributed by atoms with Gasteiger partial charge >= 0.3 is 0 Å². The van der Waals surface area contributed by atoms with Gasteiger partial charge in [0, 0.05) is 13.0 Å². The number of hydrogen-bond donors (Lipinski definition) is 1. The Morgan fingerprint density at radius 2 is 1.86 bits per heavy atom. The Bertz CT molecular complexity index is 1210. The molecular formula is C20H20N6O2. The summed E-state index contributed by atoms with van der Waals surface area (Å²) in [6.07, 6.45) is 0.500. The molecule has 2 aromatic carbocycles. The average Bonchev–Trinajstić information content (AvgIpc) is 3.13. The highest BCUT2D eigenvalue weighted by atomic mass is 16.6. The van der Waals surface area contributed by atoms with Crippen LogP contribution in [0.2, 0.25) is 0 Å². The fourth-order valence-corrected chi connectivity index (χ4v) is 3.20. The third-order valence-corrected chi connectivity index (χ3v) is 4.49. The summed E-state index contributed by atoms with van der Waals surface area (Å²) in [5.74, 6) is 1.39. The van der Waals surface area contributed by atoms with Gasteiger partial charge in [0.15, 0.2) is 12.4 Å². The monoisotopic (exact) mass is 376 g/mol. The number of aryl methyl sites for hydroxylation is 1. The second-order valence-electron chi connectivity index (χ2n) is 6.34. The standard InChI is InChI=1S/C20H20N6O2/c1-2-25-19(27)15-10-6-7-11-16(15)26-18(22-23-20(25)26)13-28-24-17(21)12-14-8-4-3-5-9-14/h3-11H,2,12-13H2,1H3,(H2,21,24). The highest BCUT2D eigenvalue weighted by Gasteiger charge is 2.15. The molecule has 0 atom stereocenters. The number of rotatable bonds is 6. The van der Waals surface area contributed by atoms with Gasteiger partial charge < -0.3 is 10.6 Å². The molecule has 2 aromatic heterocycles. The highest BCUT2D eigenvalue weighted by Crippen LogP contribution is 2.15. The van der Waals surface area contributed by atoms with E-state index >= 15 is 0 Å². The minimum absolute atomic E-state index is 0.0859. The van der Waals surface area contributed by atoms with Crippen molar-refractivity contribution < 1.29 is 4.84 Å². The van der Waals surface area contributed by atoms with Gasteiger partial charge in [-0.2, -0.15) is 0 Å². The number of nitrogens with two attached hydrogens (primary N) is 1. The van der Waals surface area contributed by atoms with Crippen molar-refractivity contribution in [3.63, 3.8) is 0 Å². The van der Waals surface area contributed by atoms with Crippen LogP contribution >= 0.6 is 0 Å². The molecule has 0 spiro atoms. The van der Waals surface area contributed by atoms with Crippen LogP contribution in [0.1, 0.15) is 18.3 Å². The number of nitrogens with zero attached hydrogens (tertiary/aromatic N) is 5. The van der Waals surface area contributed by atoms with E-state index in [1.165, 1.54) is 0 Å². The molecule has 0 aliphatic rings. The lowest BCUT2D eigenvalue weighted by molar-refractivity contribution is 0.123. The molecule has 4 rings (SSSR count). The summed E-state index contributed by atoms with van der Waals surface area (Å²) in [5.41, 5.74) is 7.65. The van der Waals surface area contributed by atoms with Crippen LogP contribution in [-0.2, 0) is 24.4 Å². The Kier molecular flexibility index (Phi) is 4.76. The number of aromatic nitrogens is 4. The van der Waals surface area contributed by atoms with Gasteiger partial charge in [-0.05, 0) is 24.6 Å². The number of fused-ring (bicyclic) bond motifs is 3. The van der Waals surface area contributed by atoms with Gasteiger partial charge in [0.2, 0.25) is 5.78 Å². The van der Waals surface area contributed by atoms with E-state index in [1.54, 1.807) is 10.6 Å². The van der Waals surface area contributed by atoms with Gasteiger partial charge in [0.25, 0.3) is 5.56 Å². The summed E-state index contributed by atoms with van der Waals surface area (Å²) < 4.78 is 3.41. The molecule has 0 aliphatic carbocycles. The Morgan fingerprint density at radius 1 is 1.11 bits per heavy atom. The Labute approximate surface area is 160 Å². The zero-order valence-corrected chi connectivity index (χ0v) is 15.4. The zero-order chi connectivity index (χ0) is 19.5. The zero-order valence-electron chi connectivity index (χ0n) is 15.4. The van der Waals surface area contributed by atoms with Crippen molar-refractivity contribution in [1.29, 1.82) is 0 Å². The molecule has 0 saturated carbocycles. The van der Waals surface area contributed by atoms with Crippen molar-refractivity contribution in [3.05, 3.63) is 76.3 Å². The van der Waals surface area contributed by atoms with Crippen LogP contribution in [0.3, 0.4) is 0 Å². The van der Waals surface area contributed by atoms with E-state index < -0.39 is 0 Å². The van der Waals surface area contributed by atoms with Crippen molar-refractivity contribution in [2.75, 3.05) is 0 Å². The summed E-state index contributed by atoms with van der Waals surface area (Å²) in [6, 6.07) is 17.2. The third kappa shape index (κ3) is 3.20. The predicted octanol–water partition coefficient (Wildman–Crippen LogP) is 2.10. The molecule has 142 valence electrons. The van der Waals surface area contributed by atoms with E-state index in [-0.39, 0.29) is 12.2 Å². The number of para-hydroxylation sites is 1. The fourth-order valence-electron chi connectivity index (χ4n) is 3.20. The predicted molar refractivity (Wildman–Crippen MR) is 107 cm³/mol. The lowest BCUT2D eigenvalue weighted by Gasteiger charge is -2.09. The molecule has 0 radical (unpaired) electrons. The molecule has 2 N–H and O–H groups in total. The quantitative estimate of drug-likeness (QED) is 0.316. The highest BCUT2D eigenvalue weighted by molar-refractivity contribution is 5.82. The molecule has 8 heteroatoms. The van der Waals surface area contributed by atoms with Crippen molar-refractivity contribution in [3.8, 4) is 0 Å². The molecule has 2 heterocycles. The molecule has 28 heavy (non-hydrogen) atoms. The molecule has 8 nitrogen and oxygen atoms in total. The van der Waals surface area contributed by atoms with Crippen LogP contribution in [0, 0.1) is 0 Å². The Morgan fingerprint density at radius 3 is 2.64 bits per heavy atom. The summed E-state index contributed by atoms with van der Waals surface area (Å²) >= 11 is 0. The fraction of sp³-hybridized carbons (Fsp3) is 0.200. The SMILES string of the molecule is CCn1c(=O)c2ccccc2n2c(CO/N=C(/N)Cc3ccccc3)nnc12. The molecule has 4 aromatic rings. The minimum Gasteiger partial charge on any atom is -0.386 e. The maximum absolute atomic E-state index is 12.7. The van der Waals surface area contributed by atoms with Crippen LogP contribution in [0.25, 0.3) is 16.7 Å². The smallest absolute Gasteiger partial charge is 0.262 e. The van der Waals surface area contributed by atoms with E-state index in [0.717, 1.165) is 11.1 Å². The largest absolute Gasteiger partial charge is 0.386 e. The van der Waals surface area contributed by atoms with Gasteiger partial charge in [0.05, 0.1) is 10.9 Å². The van der Waals surface area contributed by atoms with Gasteiger partial charge in [-0.25, -0.2) is 0 Å². The van der Waals surface area contributed by atoms with E-state index in [0.29, 0.717) is 35.8 Å². The third-order valence-electron chi connectivity index (χ3n) is 4.49. The molecule has 0 unspecified atom stereocenters. The Hall–Kier alpha value is -3.68. The van der Waals surface area contributed by atoms with Crippen LogP contribution in [0.5, 0.6) is 0 Å². The topological polar surface area (TPSA) is 99.8 Å². The normalized spacial score (nSPS) is 12.0. The summed E-state index contributed by atoms with van der Waals surface area (Å²) in [7, 11) is 0. The first-order valence-corrected chi connectivity index (χ1v) is 9.02. The molecule has 0 bridgehead atoms.